The zero-order valence-electron chi connectivity index (χ0n) is 29.0. The highest BCUT2D eigenvalue weighted by Crippen LogP contribution is 2.42. The molecule has 0 saturated carbocycles. The van der Waals surface area contributed by atoms with Crippen LogP contribution in [0.4, 0.5) is 4.39 Å². The van der Waals surface area contributed by atoms with Gasteiger partial charge in [0.05, 0.1) is 51.1 Å². The van der Waals surface area contributed by atoms with Crippen LogP contribution in [0, 0.1) is 5.82 Å². The fourth-order valence-corrected chi connectivity index (χ4v) is 5.78. The summed E-state index contributed by atoms with van der Waals surface area (Å²) >= 11 is 0. The molecule has 2 atom stereocenters. The number of rotatable bonds is 14. The highest BCUT2D eigenvalue weighted by Gasteiger charge is 2.30. The Morgan fingerprint density at radius 1 is 0.824 bits per heavy atom. The van der Waals surface area contributed by atoms with E-state index < -0.39 is 41.8 Å². The van der Waals surface area contributed by atoms with Gasteiger partial charge in [-0.15, -0.1) is 0 Å². The van der Waals surface area contributed by atoms with E-state index in [1.807, 2.05) is 48.7 Å². The maximum atomic E-state index is 14.4. The summed E-state index contributed by atoms with van der Waals surface area (Å²) in [5, 5.41) is 24.1. The fraction of sp³-hybridized carbons (Fsp3) is 0.282. The number of ether oxygens (including phenoxy) is 3. The minimum Gasteiger partial charge on any atom is -0.469 e. The summed E-state index contributed by atoms with van der Waals surface area (Å²) in [7, 11) is 3.60. The van der Waals surface area contributed by atoms with Gasteiger partial charge in [-0.2, -0.15) is 0 Å². The summed E-state index contributed by atoms with van der Waals surface area (Å²) < 4.78 is 30.3. The molecule has 4 aromatic rings. The standard InChI is InChI=1S/C39H41FN2O9/c1-23(2)42-32(18-16-28(43)20-29(44)21-33(45)49-3)34(26-12-14-27(40)15-13-26)35(25-9-7-6-8-10-25)36(42)37(46)41-22-24-11-17-30(38(47)50-4)31(19-24)39(48)51-5/h6-19,23,28-29,43-44H,20-22H2,1-5H3,(H,41,46)/b18-16+/t28-,29-/m1/s1. The van der Waals surface area contributed by atoms with Crippen molar-refractivity contribution in [3.05, 3.63) is 113 Å². The van der Waals surface area contributed by atoms with E-state index in [2.05, 4.69) is 10.1 Å². The number of hydrogen-bond acceptors (Lipinski definition) is 9. The number of carbonyl (C=O) groups excluding carboxylic acids is 4. The largest absolute Gasteiger partial charge is 0.469 e. The highest BCUT2D eigenvalue weighted by atomic mass is 19.1. The summed E-state index contributed by atoms with van der Waals surface area (Å²) in [6.45, 7) is 3.75. The lowest BCUT2D eigenvalue weighted by Gasteiger charge is -2.18. The number of aliphatic hydroxyl groups is 2. The van der Waals surface area contributed by atoms with Crippen LogP contribution in [0.2, 0.25) is 0 Å². The van der Waals surface area contributed by atoms with E-state index in [1.54, 1.807) is 24.3 Å². The van der Waals surface area contributed by atoms with E-state index in [0.29, 0.717) is 33.5 Å². The third-order valence-corrected chi connectivity index (χ3v) is 8.14. The topological polar surface area (TPSA) is 153 Å². The first-order valence-electron chi connectivity index (χ1n) is 16.2. The van der Waals surface area contributed by atoms with Crippen molar-refractivity contribution in [2.24, 2.45) is 0 Å². The molecule has 0 spiro atoms. The maximum Gasteiger partial charge on any atom is 0.338 e. The van der Waals surface area contributed by atoms with Crippen LogP contribution in [0.15, 0.2) is 78.9 Å². The molecule has 1 aromatic heterocycles. The average Bonchev–Trinajstić information content (AvgIpc) is 3.48. The van der Waals surface area contributed by atoms with Gasteiger partial charge in [-0.1, -0.05) is 54.6 Å². The normalized spacial score (nSPS) is 12.4. The number of benzene rings is 3. The van der Waals surface area contributed by atoms with Crippen LogP contribution in [0.5, 0.6) is 0 Å². The Hall–Kier alpha value is -5.59. The van der Waals surface area contributed by atoms with Crippen molar-refractivity contribution in [1.82, 2.24) is 9.88 Å². The number of aliphatic hydroxyl groups excluding tert-OH is 2. The van der Waals surface area contributed by atoms with E-state index in [-0.39, 0.29) is 42.2 Å². The molecule has 51 heavy (non-hydrogen) atoms. The van der Waals surface area contributed by atoms with Gasteiger partial charge in [0.2, 0.25) is 0 Å². The summed E-state index contributed by atoms with van der Waals surface area (Å²) in [5.74, 6) is -3.00. The molecule has 11 nitrogen and oxygen atoms in total. The third-order valence-electron chi connectivity index (χ3n) is 8.14. The first kappa shape index (κ1) is 38.2. The van der Waals surface area contributed by atoms with Crippen LogP contribution >= 0.6 is 0 Å². The number of halogens is 1. The van der Waals surface area contributed by atoms with Crippen molar-refractivity contribution in [1.29, 1.82) is 0 Å². The first-order valence-corrected chi connectivity index (χ1v) is 16.2. The molecule has 0 fully saturated rings. The Labute approximate surface area is 295 Å². The minimum absolute atomic E-state index is 0.0137. The van der Waals surface area contributed by atoms with E-state index in [4.69, 9.17) is 9.47 Å². The SMILES string of the molecule is COC(=O)C[C@H](O)C[C@H](O)/C=C/c1c(-c2ccc(F)cc2)c(-c2ccccc2)c(C(=O)NCc2ccc(C(=O)OC)c(C(=O)OC)c2)n1C(C)C. The Morgan fingerprint density at radius 3 is 2.06 bits per heavy atom. The number of aromatic nitrogens is 1. The molecule has 0 bridgehead atoms. The lowest BCUT2D eigenvalue weighted by molar-refractivity contribution is -0.143. The van der Waals surface area contributed by atoms with Crippen LogP contribution in [0.3, 0.4) is 0 Å². The average molecular weight is 701 g/mol. The van der Waals surface area contributed by atoms with Crippen LogP contribution in [0.25, 0.3) is 28.3 Å². The van der Waals surface area contributed by atoms with Crippen molar-refractivity contribution in [2.75, 3.05) is 21.3 Å². The minimum atomic E-state index is -1.17. The molecule has 0 unspecified atom stereocenters. The van der Waals surface area contributed by atoms with Gasteiger partial charge in [-0.25, -0.2) is 14.0 Å². The van der Waals surface area contributed by atoms with Gasteiger partial charge in [-0.3, -0.25) is 9.59 Å². The number of hydrogen-bond donors (Lipinski definition) is 3. The Balaban J connectivity index is 1.87. The predicted octanol–water partition coefficient (Wildman–Crippen LogP) is 5.73. The molecule has 0 aliphatic heterocycles. The second kappa shape index (κ2) is 17.4. The van der Waals surface area contributed by atoms with Gasteiger partial charge in [0, 0.05) is 35.8 Å². The Morgan fingerprint density at radius 2 is 1.45 bits per heavy atom. The van der Waals surface area contributed by atoms with Crippen LogP contribution in [-0.2, 0) is 25.5 Å². The van der Waals surface area contributed by atoms with Crippen LogP contribution in [-0.4, -0.2) is 72.1 Å². The Kier molecular flexibility index (Phi) is 13.0. The van der Waals surface area contributed by atoms with Gasteiger partial charge < -0.3 is 34.3 Å². The Bertz CT molecular complexity index is 1900. The van der Waals surface area contributed by atoms with Gasteiger partial charge in [0.25, 0.3) is 5.91 Å². The smallest absolute Gasteiger partial charge is 0.338 e. The number of methoxy groups -OCH3 is 3. The zero-order valence-corrected chi connectivity index (χ0v) is 29.0. The molecule has 4 rings (SSSR count). The third kappa shape index (κ3) is 9.15. The lowest BCUT2D eigenvalue weighted by Crippen LogP contribution is -2.27. The van der Waals surface area contributed by atoms with Gasteiger partial charge in [-0.05, 0) is 60.9 Å². The molecular formula is C39H41FN2O9. The summed E-state index contributed by atoms with van der Waals surface area (Å²) in [6, 6.07) is 19.2. The van der Waals surface area contributed by atoms with Crippen molar-refractivity contribution >= 4 is 29.9 Å². The molecular weight excluding hydrogens is 659 g/mol. The summed E-state index contributed by atoms with van der Waals surface area (Å²) in [6.07, 6.45) is 0.339. The van der Waals surface area contributed by atoms with Crippen molar-refractivity contribution < 1.29 is 48.0 Å². The second-order valence-corrected chi connectivity index (χ2v) is 12.0. The zero-order chi connectivity index (χ0) is 37.2. The first-order chi connectivity index (χ1) is 24.4. The molecule has 12 heteroatoms. The van der Waals surface area contributed by atoms with E-state index in [9.17, 15) is 33.8 Å². The van der Waals surface area contributed by atoms with Gasteiger partial charge >= 0.3 is 17.9 Å². The number of carbonyl (C=O) groups is 4. The van der Waals surface area contributed by atoms with E-state index in [1.165, 1.54) is 51.7 Å². The van der Waals surface area contributed by atoms with Gasteiger partial charge in [0.15, 0.2) is 0 Å². The molecule has 1 amide bonds. The molecule has 3 aromatic carbocycles. The van der Waals surface area contributed by atoms with E-state index in [0.717, 1.165) is 0 Å². The summed E-state index contributed by atoms with van der Waals surface area (Å²) in [4.78, 5) is 50.8. The number of nitrogens with zero attached hydrogens (tertiary/aromatic N) is 1. The van der Waals surface area contributed by atoms with E-state index >= 15 is 0 Å². The van der Waals surface area contributed by atoms with Crippen molar-refractivity contribution in [2.45, 2.75) is 51.5 Å². The van der Waals surface area contributed by atoms with Crippen molar-refractivity contribution in [3.63, 3.8) is 0 Å². The molecule has 0 saturated heterocycles. The highest BCUT2D eigenvalue weighted by molar-refractivity contribution is 6.07. The quantitative estimate of drug-likeness (QED) is 0.111. The monoisotopic (exact) mass is 700 g/mol. The molecule has 268 valence electrons. The number of amides is 1. The molecule has 1 heterocycles. The summed E-state index contributed by atoms with van der Waals surface area (Å²) in [5.41, 5.74) is 3.73. The van der Waals surface area contributed by atoms with Crippen LogP contribution < -0.4 is 5.32 Å². The molecule has 0 radical (unpaired) electrons. The maximum absolute atomic E-state index is 14.4. The molecule has 3 N–H and O–H groups in total. The van der Waals surface area contributed by atoms with Crippen molar-refractivity contribution in [3.8, 4) is 22.3 Å². The predicted molar refractivity (Wildman–Crippen MR) is 188 cm³/mol. The van der Waals surface area contributed by atoms with Gasteiger partial charge in [0.1, 0.15) is 11.5 Å². The second-order valence-electron chi connectivity index (χ2n) is 12.0. The lowest BCUT2D eigenvalue weighted by atomic mass is 9.94. The number of esters is 3. The fourth-order valence-electron chi connectivity index (χ4n) is 5.78. The number of nitrogens with one attached hydrogen (secondary N) is 1. The molecule has 0 aliphatic rings. The van der Waals surface area contributed by atoms with Crippen LogP contribution in [0.1, 0.15) is 75.2 Å². The molecule has 0 aliphatic carbocycles.